The first-order valence-corrected chi connectivity index (χ1v) is 8.36. The summed E-state index contributed by atoms with van der Waals surface area (Å²) in [5, 5.41) is 0. The number of hydrogen-bond donors (Lipinski definition) is 0. The molecular weight excluding hydrogens is 307 g/mol. The number of rotatable bonds is 4. The van der Waals surface area contributed by atoms with E-state index in [1.807, 2.05) is 17.0 Å². The number of carbonyl (C=O) groups excluding carboxylic acids is 1. The molecule has 24 heavy (non-hydrogen) atoms. The third kappa shape index (κ3) is 3.51. The zero-order valence-corrected chi connectivity index (χ0v) is 14.1. The minimum atomic E-state index is -0.173. The van der Waals surface area contributed by atoms with E-state index in [-0.39, 0.29) is 17.8 Å². The van der Waals surface area contributed by atoms with Crippen LogP contribution in [0.5, 0.6) is 0 Å². The Morgan fingerprint density at radius 3 is 2.71 bits per heavy atom. The molecular formula is C19H23FN2O2. The molecule has 2 aromatic rings. The predicted octanol–water partition coefficient (Wildman–Crippen LogP) is 3.40. The zero-order chi connectivity index (χ0) is 17.1. The molecule has 1 aromatic heterocycles. The summed E-state index contributed by atoms with van der Waals surface area (Å²) in [6, 6.07) is 10.4. The number of nitrogens with zero attached hydrogens (tertiary/aromatic N) is 2. The minimum Gasteiger partial charge on any atom is -0.459 e. The number of halogens is 1. The van der Waals surface area contributed by atoms with E-state index in [9.17, 15) is 9.18 Å². The van der Waals surface area contributed by atoms with Crippen molar-refractivity contribution < 1.29 is 13.6 Å². The maximum atomic E-state index is 13.9. The molecule has 0 N–H and O–H groups in total. The van der Waals surface area contributed by atoms with Crippen LogP contribution >= 0.6 is 0 Å². The van der Waals surface area contributed by atoms with Crippen molar-refractivity contribution >= 4 is 5.91 Å². The van der Waals surface area contributed by atoms with E-state index in [0.717, 1.165) is 13.1 Å². The molecule has 4 nitrogen and oxygen atoms in total. The molecule has 1 amide bonds. The molecule has 0 aliphatic carbocycles. The highest BCUT2D eigenvalue weighted by Gasteiger charge is 2.33. The van der Waals surface area contributed by atoms with Crippen LogP contribution in [0.25, 0.3) is 0 Å². The average molecular weight is 330 g/mol. The van der Waals surface area contributed by atoms with E-state index >= 15 is 0 Å². The van der Waals surface area contributed by atoms with Crippen LogP contribution in [-0.4, -0.2) is 41.4 Å². The Balaban J connectivity index is 1.72. The van der Waals surface area contributed by atoms with Crippen molar-refractivity contribution in [1.82, 2.24) is 9.80 Å². The Bertz CT molecular complexity index is 684. The highest BCUT2D eigenvalue weighted by molar-refractivity contribution is 5.91. The molecule has 0 saturated carbocycles. The van der Waals surface area contributed by atoms with Crippen LogP contribution in [0.2, 0.25) is 0 Å². The lowest BCUT2D eigenvalue weighted by Gasteiger charge is -2.43. The third-order valence-corrected chi connectivity index (χ3v) is 4.62. The van der Waals surface area contributed by atoms with Gasteiger partial charge >= 0.3 is 0 Å². The lowest BCUT2D eigenvalue weighted by molar-refractivity contribution is 0.0300. The smallest absolute Gasteiger partial charge is 0.289 e. The van der Waals surface area contributed by atoms with Crippen LogP contribution < -0.4 is 0 Å². The summed E-state index contributed by atoms with van der Waals surface area (Å²) in [7, 11) is 0. The molecule has 1 saturated heterocycles. The summed E-state index contributed by atoms with van der Waals surface area (Å²) in [6.45, 7) is 6.87. The number of amides is 1. The van der Waals surface area contributed by atoms with Crippen molar-refractivity contribution in [3.8, 4) is 0 Å². The normalized spacial score (nSPS) is 19.0. The monoisotopic (exact) mass is 330 g/mol. The number of hydrogen-bond acceptors (Lipinski definition) is 3. The van der Waals surface area contributed by atoms with Gasteiger partial charge in [0.2, 0.25) is 0 Å². The van der Waals surface area contributed by atoms with Gasteiger partial charge in [-0.15, -0.1) is 0 Å². The van der Waals surface area contributed by atoms with E-state index in [0.29, 0.717) is 30.3 Å². The molecule has 0 radical (unpaired) electrons. The Hall–Kier alpha value is -2.14. The van der Waals surface area contributed by atoms with Crippen molar-refractivity contribution in [2.24, 2.45) is 5.92 Å². The van der Waals surface area contributed by atoms with Crippen molar-refractivity contribution in [2.45, 2.75) is 26.4 Å². The first-order chi connectivity index (χ1) is 11.6. The van der Waals surface area contributed by atoms with Crippen molar-refractivity contribution in [2.75, 3.05) is 19.6 Å². The standard InChI is InChI=1S/C19H23FN2O2/c1-14(2)17-13-21(12-15-6-3-4-7-16(15)20)9-10-22(17)19(23)18-8-5-11-24-18/h3-8,11,14,17H,9-10,12-13H2,1-2H3/t17-/m1/s1. The molecule has 0 bridgehead atoms. The van der Waals surface area contributed by atoms with Gasteiger partial charge in [-0.2, -0.15) is 0 Å². The summed E-state index contributed by atoms with van der Waals surface area (Å²) in [6.07, 6.45) is 1.52. The maximum Gasteiger partial charge on any atom is 0.289 e. The van der Waals surface area contributed by atoms with Gasteiger partial charge in [-0.05, 0) is 24.1 Å². The fourth-order valence-electron chi connectivity index (χ4n) is 3.25. The molecule has 1 aliphatic heterocycles. The lowest BCUT2D eigenvalue weighted by atomic mass is 9.98. The Kier molecular flexibility index (Phi) is 5.00. The maximum absolute atomic E-state index is 13.9. The zero-order valence-electron chi connectivity index (χ0n) is 14.1. The van der Waals surface area contributed by atoms with Gasteiger partial charge in [-0.25, -0.2) is 4.39 Å². The van der Waals surface area contributed by atoms with E-state index in [1.54, 1.807) is 18.2 Å². The first-order valence-electron chi connectivity index (χ1n) is 8.36. The lowest BCUT2D eigenvalue weighted by Crippen LogP contribution is -2.56. The van der Waals surface area contributed by atoms with Crippen molar-refractivity contribution in [1.29, 1.82) is 0 Å². The summed E-state index contributed by atoms with van der Waals surface area (Å²) in [5.74, 6) is 0.451. The highest BCUT2D eigenvalue weighted by atomic mass is 19.1. The van der Waals surface area contributed by atoms with Crippen molar-refractivity contribution in [3.63, 3.8) is 0 Å². The average Bonchev–Trinajstić information content (AvgIpc) is 3.11. The number of piperazine rings is 1. The summed E-state index contributed by atoms with van der Waals surface area (Å²) in [4.78, 5) is 16.8. The van der Waals surface area contributed by atoms with Crippen LogP contribution in [0, 0.1) is 11.7 Å². The second-order valence-electron chi connectivity index (χ2n) is 6.61. The van der Waals surface area contributed by atoms with Gasteiger partial charge in [0.05, 0.1) is 6.26 Å². The minimum absolute atomic E-state index is 0.0655. The number of carbonyl (C=O) groups is 1. The first kappa shape index (κ1) is 16.7. The molecule has 0 unspecified atom stereocenters. The van der Waals surface area contributed by atoms with Gasteiger partial charge in [0.25, 0.3) is 5.91 Å². The third-order valence-electron chi connectivity index (χ3n) is 4.62. The van der Waals surface area contributed by atoms with Crippen LogP contribution in [-0.2, 0) is 6.54 Å². The van der Waals surface area contributed by atoms with Gasteiger partial charge in [0, 0.05) is 37.8 Å². The molecule has 1 fully saturated rings. The second-order valence-corrected chi connectivity index (χ2v) is 6.61. The molecule has 1 aliphatic rings. The molecule has 1 aromatic carbocycles. The van der Waals surface area contributed by atoms with Crippen molar-refractivity contribution in [3.05, 3.63) is 59.8 Å². The van der Waals surface area contributed by atoms with Gasteiger partial charge in [0.15, 0.2) is 5.76 Å². The summed E-state index contributed by atoms with van der Waals surface area (Å²) in [5.41, 5.74) is 0.700. The molecule has 5 heteroatoms. The van der Waals surface area contributed by atoms with Gasteiger partial charge in [0.1, 0.15) is 5.82 Å². The SMILES string of the molecule is CC(C)[C@H]1CN(Cc2ccccc2F)CCN1C(=O)c1ccco1. The molecule has 2 heterocycles. The van der Waals surface area contributed by atoms with E-state index in [2.05, 4.69) is 18.7 Å². The Labute approximate surface area is 141 Å². The predicted molar refractivity (Wildman–Crippen MR) is 90.0 cm³/mol. The van der Waals surface area contributed by atoms with Crippen LogP contribution in [0.3, 0.4) is 0 Å². The second kappa shape index (κ2) is 7.18. The largest absolute Gasteiger partial charge is 0.459 e. The van der Waals surface area contributed by atoms with E-state index in [4.69, 9.17) is 4.42 Å². The van der Waals surface area contributed by atoms with Gasteiger partial charge in [-0.1, -0.05) is 32.0 Å². The summed E-state index contributed by atoms with van der Waals surface area (Å²) < 4.78 is 19.1. The number of benzene rings is 1. The Morgan fingerprint density at radius 1 is 1.25 bits per heavy atom. The molecule has 128 valence electrons. The van der Waals surface area contributed by atoms with E-state index < -0.39 is 0 Å². The van der Waals surface area contributed by atoms with Crippen LogP contribution in [0.15, 0.2) is 47.1 Å². The fourth-order valence-corrected chi connectivity index (χ4v) is 3.25. The fraction of sp³-hybridized carbons (Fsp3) is 0.421. The van der Waals surface area contributed by atoms with Gasteiger partial charge < -0.3 is 9.32 Å². The number of furan rings is 1. The highest BCUT2D eigenvalue weighted by Crippen LogP contribution is 2.22. The topological polar surface area (TPSA) is 36.7 Å². The van der Waals surface area contributed by atoms with E-state index in [1.165, 1.54) is 12.3 Å². The van der Waals surface area contributed by atoms with Gasteiger partial charge in [-0.3, -0.25) is 9.69 Å². The summed E-state index contributed by atoms with van der Waals surface area (Å²) >= 11 is 0. The van der Waals surface area contributed by atoms with Crippen LogP contribution in [0.4, 0.5) is 4.39 Å². The molecule has 0 spiro atoms. The molecule has 1 atom stereocenters. The molecule has 3 rings (SSSR count). The Morgan fingerprint density at radius 2 is 2.04 bits per heavy atom. The van der Waals surface area contributed by atoms with Crippen LogP contribution in [0.1, 0.15) is 30.0 Å². The quantitative estimate of drug-likeness (QED) is 0.862.